The number of halogens is 2. The Labute approximate surface area is 126 Å². The van der Waals surface area contributed by atoms with Crippen molar-refractivity contribution in [3.05, 3.63) is 45.2 Å². The van der Waals surface area contributed by atoms with E-state index in [2.05, 4.69) is 10.3 Å². The molecule has 0 fully saturated rings. The number of carboxylic acid groups (broad SMARTS) is 1. The van der Waals surface area contributed by atoms with Gasteiger partial charge in [-0.1, -0.05) is 34.5 Å². The summed E-state index contributed by atoms with van der Waals surface area (Å²) >= 11 is 11.8. The highest BCUT2D eigenvalue weighted by molar-refractivity contribution is 6.42. The fourth-order valence-corrected chi connectivity index (χ4v) is 2.13. The van der Waals surface area contributed by atoms with E-state index in [-0.39, 0.29) is 6.42 Å². The Morgan fingerprint density at radius 3 is 2.75 bits per heavy atom. The molecule has 0 aliphatic carbocycles. The van der Waals surface area contributed by atoms with Gasteiger partial charge in [0.05, 0.1) is 34.4 Å². The zero-order valence-corrected chi connectivity index (χ0v) is 12.3. The second-order valence-corrected chi connectivity index (χ2v) is 5.24. The van der Waals surface area contributed by atoms with E-state index in [1.807, 2.05) is 13.0 Å². The standard InChI is InChI=1S/C13H13Cl2N3O2/c1-8-12(4-5-13(19)20)16-17-18(8)7-9-2-3-10(14)11(15)6-9/h2-3,6H,4-5,7H2,1H3,(H,19,20). The summed E-state index contributed by atoms with van der Waals surface area (Å²) < 4.78 is 1.72. The predicted octanol–water partition coefficient (Wildman–Crippen LogP) is 2.96. The van der Waals surface area contributed by atoms with Crippen molar-refractivity contribution >= 4 is 29.2 Å². The van der Waals surface area contributed by atoms with Crippen LogP contribution in [-0.4, -0.2) is 26.1 Å². The Bertz CT molecular complexity index is 641. The molecule has 106 valence electrons. The Morgan fingerprint density at radius 2 is 2.10 bits per heavy atom. The van der Waals surface area contributed by atoms with Crippen LogP contribution in [0.1, 0.15) is 23.4 Å². The highest BCUT2D eigenvalue weighted by atomic mass is 35.5. The maximum absolute atomic E-state index is 10.6. The molecule has 0 atom stereocenters. The number of aliphatic carboxylic acids is 1. The number of carbonyl (C=O) groups is 1. The Morgan fingerprint density at radius 1 is 1.35 bits per heavy atom. The summed E-state index contributed by atoms with van der Waals surface area (Å²) in [5, 5.41) is 17.7. The lowest BCUT2D eigenvalue weighted by atomic mass is 10.2. The molecule has 1 aromatic carbocycles. The summed E-state index contributed by atoms with van der Waals surface area (Å²) in [6.07, 6.45) is 0.425. The average molecular weight is 314 g/mol. The van der Waals surface area contributed by atoms with Crippen molar-refractivity contribution in [3.8, 4) is 0 Å². The summed E-state index contributed by atoms with van der Waals surface area (Å²) in [7, 11) is 0. The van der Waals surface area contributed by atoms with Gasteiger partial charge in [0.1, 0.15) is 0 Å². The summed E-state index contributed by atoms with van der Waals surface area (Å²) in [6.45, 7) is 2.39. The van der Waals surface area contributed by atoms with Crippen LogP contribution in [0, 0.1) is 6.92 Å². The maximum Gasteiger partial charge on any atom is 0.303 e. The van der Waals surface area contributed by atoms with Gasteiger partial charge in [0.15, 0.2) is 0 Å². The van der Waals surface area contributed by atoms with Crippen molar-refractivity contribution in [1.82, 2.24) is 15.0 Å². The van der Waals surface area contributed by atoms with Crippen LogP contribution in [0.25, 0.3) is 0 Å². The fourth-order valence-electron chi connectivity index (χ4n) is 1.81. The van der Waals surface area contributed by atoms with Crippen molar-refractivity contribution in [2.24, 2.45) is 0 Å². The lowest BCUT2D eigenvalue weighted by molar-refractivity contribution is -0.136. The number of aryl methyl sites for hydroxylation is 1. The largest absolute Gasteiger partial charge is 0.481 e. The molecule has 0 saturated heterocycles. The Hall–Kier alpha value is -1.59. The van der Waals surface area contributed by atoms with Crippen LogP contribution < -0.4 is 0 Å². The maximum atomic E-state index is 10.6. The number of nitrogens with zero attached hydrogens (tertiary/aromatic N) is 3. The van der Waals surface area contributed by atoms with Crippen LogP contribution in [0.4, 0.5) is 0 Å². The van der Waals surface area contributed by atoms with Gasteiger partial charge in [0.25, 0.3) is 0 Å². The zero-order valence-electron chi connectivity index (χ0n) is 10.8. The quantitative estimate of drug-likeness (QED) is 0.921. The topological polar surface area (TPSA) is 68.0 Å². The third-order valence-corrected chi connectivity index (χ3v) is 3.71. The molecule has 0 aliphatic rings. The normalized spacial score (nSPS) is 10.8. The van der Waals surface area contributed by atoms with Gasteiger partial charge in [-0.3, -0.25) is 4.79 Å². The van der Waals surface area contributed by atoms with E-state index >= 15 is 0 Å². The third-order valence-electron chi connectivity index (χ3n) is 2.97. The van der Waals surface area contributed by atoms with Gasteiger partial charge in [-0.05, 0) is 24.6 Å². The van der Waals surface area contributed by atoms with Crippen molar-refractivity contribution in [2.75, 3.05) is 0 Å². The minimum Gasteiger partial charge on any atom is -0.481 e. The first-order valence-corrected chi connectivity index (χ1v) is 6.77. The van der Waals surface area contributed by atoms with E-state index < -0.39 is 5.97 Å². The lowest BCUT2D eigenvalue weighted by Crippen LogP contribution is -2.05. The molecule has 1 heterocycles. The summed E-state index contributed by atoms with van der Waals surface area (Å²) in [4.78, 5) is 10.6. The first kappa shape index (κ1) is 14.8. The van der Waals surface area contributed by atoms with Gasteiger partial charge in [0.2, 0.25) is 0 Å². The van der Waals surface area contributed by atoms with Gasteiger partial charge in [-0.25, -0.2) is 4.68 Å². The number of carboxylic acids is 1. The van der Waals surface area contributed by atoms with E-state index in [0.29, 0.717) is 28.7 Å². The monoisotopic (exact) mass is 313 g/mol. The number of rotatable bonds is 5. The highest BCUT2D eigenvalue weighted by Gasteiger charge is 2.11. The average Bonchev–Trinajstić information content (AvgIpc) is 2.73. The molecule has 5 nitrogen and oxygen atoms in total. The number of benzene rings is 1. The molecule has 0 radical (unpaired) electrons. The molecule has 0 bridgehead atoms. The van der Waals surface area contributed by atoms with E-state index in [9.17, 15) is 4.79 Å². The Balaban J connectivity index is 2.13. The van der Waals surface area contributed by atoms with Gasteiger partial charge >= 0.3 is 5.97 Å². The molecule has 0 saturated carbocycles. The minimum atomic E-state index is -0.844. The van der Waals surface area contributed by atoms with Crippen LogP contribution in [0.5, 0.6) is 0 Å². The second kappa shape index (κ2) is 6.24. The minimum absolute atomic E-state index is 0.0479. The van der Waals surface area contributed by atoms with Gasteiger partial charge in [-0.2, -0.15) is 0 Å². The zero-order chi connectivity index (χ0) is 14.7. The highest BCUT2D eigenvalue weighted by Crippen LogP contribution is 2.23. The number of hydrogen-bond donors (Lipinski definition) is 1. The van der Waals surface area contributed by atoms with Crippen molar-refractivity contribution in [2.45, 2.75) is 26.3 Å². The molecule has 1 aromatic heterocycles. The third kappa shape index (κ3) is 3.49. The molecule has 2 rings (SSSR count). The molecular formula is C13H13Cl2N3O2. The van der Waals surface area contributed by atoms with Crippen LogP contribution in [0.15, 0.2) is 18.2 Å². The molecule has 0 amide bonds. The predicted molar refractivity (Wildman–Crippen MR) is 76.3 cm³/mol. The van der Waals surface area contributed by atoms with Crippen LogP contribution >= 0.6 is 23.2 Å². The fraction of sp³-hybridized carbons (Fsp3) is 0.308. The number of aromatic nitrogens is 3. The van der Waals surface area contributed by atoms with Crippen molar-refractivity contribution < 1.29 is 9.90 Å². The summed E-state index contributed by atoms with van der Waals surface area (Å²) in [5.41, 5.74) is 2.52. The first-order valence-electron chi connectivity index (χ1n) is 6.02. The van der Waals surface area contributed by atoms with Crippen LogP contribution in [0.2, 0.25) is 10.0 Å². The van der Waals surface area contributed by atoms with E-state index in [4.69, 9.17) is 28.3 Å². The van der Waals surface area contributed by atoms with Crippen molar-refractivity contribution in [1.29, 1.82) is 0 Å². The smallest absolute Gasteiger partial charge is 0.303 e. The lowest BCUT2D eigenvalue weighted by Gasteiger charge is -2.05. The molecule has 2 aromatic rings. The second-order valence-electron chi connectivity index (χ2n) is 4.42. The molecule has 1 N–H and O–H groups in total. The van der Waals surface area contributed by atoms with Gasteiger partial charge in [-0.15, -0.1) is 5.10 Å². The molecular weight excluding hydrogens is 301 g/mol. The first-order chi connectivity index (χ1) is 9.47. The van der Waals surface area contributed by atoms with Crippen molar-refractivity contribution in [3.63, 3.8) is 0 Å². The SMILES string of the molecule is Cc1c(CCC(=O)O)nnn1Cc1ccc(Cl)c(Cl)c1. The molecule has 7 heteroatoms. The molecule has 0 spiro atoms. The number of hydrogen-bond acceptors (Lipinski definition) is 3. The van der Waals surface area contributed by atoms with Crippen LogP contribution in [-0.2, 0) is 17.8 Å². The van der Waals surface area contributed by atoms with E-state index in [1.165, 1.54) is 0 Å². The molecule has 0 unspecified atom stereocenters. The summed E-state index contributed by atoms with van der Waals surface area (Å²) in [6, 6.07) is 5.38. The molecule has 0 aliphatic heterocycles. The van der Waals surface area contributed by atoms with Gasteiger partial charge < -0.3 is 5.11 Å². The Kier molecular flexibility index (Phi) is 4.62. The summed E-state index contributed by atoms with van der Waals surface area (Å²) in [5.74, 6) is -0.844. The van der Waals surface area contributed by atoms with E-state index in [0.717, 1.165) is 11.3 Å². The molecule has 20 heavy (non-hydrogen) atoms. The van der Waals surface area contributed by atoms with Crippen LogP contribution in [0.3, 0.4) is 0 Å². The van der Waals surface area contributed by atoms with Gasteiger partial charge in [0, 0.05) is 6.42 Å². The van der Waals surface area contributed by atoms with E-state index in [1.54, 1.807) is 16.8 Å².